The Morgan fingerprint density at radius 1 is 1.21 bits per heavy atom. The van der Waals surface area contributed by atoms with Crippen LogP contribution in [0.1, 0.15) is 48.8 Å². The van der Waals surface area contributed by atoms with Crippen LogP contribution in [0.15, 0.2) is 36.9 Å². The van der Waals surface area contributed by atoms with Crippen molar-refractivity contribution in [3.8, 4) is 5.82 Å². The zero-order chi connectivity index (χ0) is 20.1. The molecule has 3 aromatic rings. The number of rotatable bonds is 7. The van der Waals surface area contributed by atoms with Gasteiger partial charge in [-0.1, -0.05) is 13.3 Å². The summed E-state index contributed by atoms with van der Waals surface area (Å²) in [6.07, 6.45) is 5.98. The molecule has 0 aliphatic heterocycles. The number of esters is 1. The molecular weight excluding hydrogens is 361 g/mol. The van der Waals surface area contributed by atoms with E-state index < -0.39 is 17.7 Å². The smallest absolute Gasteiger partial charge is 0.321 e. The van der Waals surface area contributed by atoms with Crippen LogP contribution < -0.4 is 0 Å². The first-order valence-electron chi connectivity index (χ1n) is 9.20. The van der Waals surface area contributed by atoms with Gasteiger partial charge in [-0.2, -0.15) is 5.10 Å². The zero-order valence-corrected chi connectivity index (χ0v) is 16.1. The molecule has 146 valence electrons. The molecule has 1 atom stereocenters. The standard InChI is InChI=1S/C20H22FN5O2/c1-4-7-14-13(3)23-12-24-18(14)17(20(27)28-5-2)16-9-11-25-26(16)19-15(21)8-6-10-22-19/h6,8-12,17H,4-5,7H2,1-3H3. The number of ether oxygens (including phenoxy) is 1. The normalized spacial score (nSPS) is 12.0. The summed E-state index contributed by atoms with van der Waals surface area (Å²) < 4.78 is 21.0. The van der Waals surface area contributed by atoms with E-state index in [2.05, 4.69) is 20.1 Å². The van der Waals surface area contributed by atoms with Crippen LogP contribution in [0.5, 0.6) is 0 Å². The summed E-state index contributed by atoms with van der Waals surface area (Å²) in [6.45, 7) is 5.88. The first-order valence-corrected chi connectivity index (χ1v) is 9.20. The van der Waals surface area contributed by atoms with Crippen LogP contribution in [0.25, 0.3) is 5.82 Å². The van der Waals surface area contributed by atoms with Crippen molar-refractivity contribution in [1.82, 2.24) is 24.7 Å². The molecule has 0 amide bonds. The zero-order valence-electron chi connectivity index (χ0n) is 16.1. The third-order valence-electron chi connectivity index (χ3n) is 4.40. The first-order chi connectivity index (χ1) is 13.6. The number of hydrogen-bond acceptors (Lipinski definition) is 6. The van der Waals surface area contributed by atoms with Gasteiger partial charge in [0.2, 0.25) is 0 Å². The number of pyridine rings is 1. The van der Waals surface area contributed by atoms with Gasteiger partial charge in [0.15, 0.2) is 11.6 Å². The van der Waals surface area contributed by atoms with E-state index in [-0.39, 0.29) is 12.4 Å². The molecule has 0 aliphatic rings. The summed E-state index contributed by atoms with van der Waals surface area (Å²) in [5.74, 6) is -1.87. The Hall–Kier alpha value is -3.16. The minimum Gasteiger partial charge on any atom is -0.465 e. The van der Waals surface area contributed by atoms with Crippen LogP contribution in [0, 0.1) is 12.7 Å². The van der Waals surface area contributed by atoms with Crippen LogP contribution >= 0.6 is 0 Å². The van der Waals surface area contributed by atoms with Crippen molar-refractivity contribution < 1.29 is 13.9 Å². The molecule has 3 rings (SSSR count). The quantitative estimate of drug-likeness (QED) is 0.583. The Balaban J connectivity index is 2.20. The third kappa shape index (κ3) is 3.76. The predicted molar refractivity (Wildman–Crippen MR) is 101 cm³/mol. The second kappa shape index (κ2) is 8.69. The van der Waals surface area contributed by atoms with Gasteiger partial charge >= 0.3 is 5.97 Å². The highest BCUT2D eigenvalue weighted by Gasteiger charge is 2.32. The summed E-state index contributed by atoms with van der Waals surface area (Å²) in [6, 6.07) is 4.45. The monoisotopic (exact) mass is 383 g/mol. The van der Waals surface area contributed by atoms with E-state index in [0.717, 1.165) is 17.7 Å². The number of aryl methyl sites for hydroxylation is 1. The maximum atomic E-state index is 14.3. The molecule has 0 saturated carbocycles. The molecule has 28 heavy (non-hydrogen) atoms. The van der Waals surface area contributed by atoms with Crippen molar-refractivity contribution in [3.63, 3.8) is 0 Å². The van der Waals surface area contributed by atoms with Crippen LogP contribution in [-0.4, -0.2) is 37.3 Å². The van der Waals surface area contributed by atoms with E-state index in [0.29, 0.717) is 17.8 Å². The van der Waals surface area contributed by atoms with E-state index in [4.69, 9.17) is 4.74 Å². The van der Waals surface area contributed by atoms with Gasteiger partial charge in [-0.05, 0) is 44.0 Å². The molecule has 3 heterocycles. The van der Waals surface area contributed by atoms with Gasteiger partial charge < -0.3 is 4.74 Å². The minimum atomic E-state index is -0.868. The Morgan fingerprint density at radius 2 is 2.04 bits per heavy atom. The van der Waals surface area contributed by atoms with Crippen LogP contribution in [0.4, 0.5) is 4.39 Å². The summed E-state index contributed by atoms with van der Waals surface area (Å²) in [5.41, 5.74) is 2.67. The molecule has 0 saturated heterocycles. The van der Waals surface area contributed by atoms with Crippen LogP contribution in [-0.2, 0) is 16.0 Å². The topological polar surface area (TPSA) is 82.8 Å². The molecular formula is C20H22FN5O2. The lowest BCUT2D eigenvalue weighted by atomic mass is 9.93. The molecule has 7 nitrogen and oxygen atoms in total. The maximum Gasteiger partial charge on any atom is 0.321 e. The fraction of sp³-hybridized carbons (Fsp3) is 0.350. The van der Waals surface area contributed by atoms with Crippen LogP contribution in [0.2, 0.25) is 0 Å². The molecule has 3 aromatic heterocycles. The van der Waals surface area contributed by atoms with Gasteiger partial charge in [-0.25, -0.2) is 24.0 Å². The summed E-state index contributed by atoms with van der Waals surface area (Å²) >= 11 is 0. The summed E-state index contributed by atoms with van der Waals surface area (Å²) in [5, 5.41) is 4.20. The molecule has 0 spiro atoms. The average Bonchev–Trinajstić information content (AvgIpc) is 3.14. The van der Waals surface area contributed by atoms with Gasteiger partial charge in [0.25, 0.3) is 0 Å². The number of carbonyl (C=O) groups is 1. The minimum absolute atomic E-state index is 0.0135. The number of carbonyl (C=O) groups excluding carboxylic acids is 1. The van der Waals surface area contributed by atoms with E-state index in [1.54, 1.807) is 13.0 Å². The van der Waals surface area contributed by atoms with E-state index in [1.807, 2.05) is 13.8 Å². The second-order valence-electron chi connectivity index (χ2n) is 6.23. The molecule has 0 aromatic carbocycles. The van der Waals surface area contributed by atoms with E-state index >= 15 is 0 Å². The molecule has 0 fully saturated rings. The lowest BCUT2D eigenvalue weighted by Gasteiger charge is -2.20. The van der Waals surface area contributed by atoms with Gasteiger partial charge in [0, 0.05) is 18.1 Å². The first kappa shape index (κ1) is 19.6. The van der Waals surface area contributed by atoms with E-state index in [1.165, 1.54) is 35.5 Å². The maximum absolute atomic E-state index is 14.3. The Bertz CT molecular complexity index is 973. The van der Waals surface area contributed by atoms with Crippen molar-refractivity contribution in [2.24, 2.45) is 0 Å². The Kier molecular flexibility index (Phi) is 6.08. The summed E-state index contributed by atoms with van der Waals surface area (Å²) in [7, 11) is 0. The third-order valence-corrected chi connectivity index (χ3v) is 4.40. The van der Waals surface area contributed by atoms with Crippen molar-refractivity contribution in [3.05, 3.63) is 65.4 Å². The Labute approximate surface area is 162 Å². The summed E-state index contributed by atoms with van der Waals surface area (Å²) in [4.78, 5) is 25.7. The molecule has 0 aliphatic carbocycles. The lowest BCUT2D eigenvalue weighted by molar-refractivity contribution is -0.144. The van der Waals surface area contributed by atoms with Gasteiger partial charge in [-0.15, -0.1) is 0 Å². The van der Waals surface area contributed by atoms with Gasteiger partial charge in [-0.3, -0.25) is 4.79 Å². The van der Waals surface area contributed by atoms with Crippen molar-refractivity contribution in [2.45, 2.75) is 39.5 Å². The van der Waals surface area contributed by atoms with Crippen molar-refractivity contribution in [2.75, 3.05) is 6.61 Å². The largest absolute Gasteiger partial charge is 0.465 e. The number of halogens is 1. The molecule has 1 unspecified atom stereocenters. The van der Waals surface area contributed by atoms with Crippen molar-refractivity contribution >= 4 is 5.97 Å². The molecule has 0 radical (unpaired) electrons. The van der Waals surface area contributed by atoms with E-state index in [9.17, 15) is 9.18 Å². The predicted octanol–water partition coefficient (Wildman–Crippen LogP) is 3.15. The van der Waals surface area contributed by atoms with Crippen LogP contribution in [0.3, 0.4) is 0 Å². The second-order valence-corrected chi connectivity index (χ2v) is 6.23. The SMILES string of the molecule is CCCc1c(C)ncnc1C(C(=O)OCC)c1ccnn1-c1ncccc1F. The molecule has 8 heteroatoms. The van der Waals surface area contributed by atoms with Crippen molar-refractivity contribution in [1.29, 1.82) is 0 Å². The highest BCUT2D eigenvalue weighted by Crippen LogP contribution is 2.30. The number of aromatic nitrogens is 5. The fourth-order valence-corrected chi connectivity index (χ4v) is 3.17. The van der Waals surface area contributed by atoms with Gasteiger partial charge in [0.05, 0.1) is 18.0 Å². The Morgan fingerprint density at radius 3 is 2.75 bits per heavy atom. The lowest BCUT2D eigenvalue weighted by Crippen LogP contribution is -2.24. The molecule has 0 bridgehead atoms. The number of hydrogen-bond donors (Lipinski definition) is 0. The number of nitrogens with zero attached hydrogens (tertiary/aromatic N) is 5. The van der Waals surface area contributed by atoms with Gasteiger partial charge in [0.1, 0.15) is 12.2 Å². The fourth-order valence-electron chi connectivity index (χ4n) is 3.17. The average molecular weight is 383 g/mol. The molecule has 0 N–H and O–H groups in total. The highest BCUT2D eigenvalue weighted by atomic mass is 19.1. The highest BCUT2D eigenvalue weighted by molar-refractivity contribution is 5.81.